The minimum absolute atomic E-state index is 0.270. The molecule has 0 aromatic carbocycles. The van der Waals surface area contributed by atoms with Gasteiger partial charge < -0.3 is 9.64 Å². The van der Waals surface area contributed by atoms with Gasteiger partial charge in [-0.2, -0.15) is 0 Å². The lowest BCUT2D eigenvalue weighted by atomic mass is 10.0. The van der Waals surface area contributed by atoms with Crippen molar-refractivity contribution >= 4 is 28.8 Å². The smallest absolute Gasteiger partial charge is 0.222 e. The number of rotatable bonds is 4. The molecule has 2 aliphatic heterocycles. The summed E-state index contributed by atoms with van der Waals surface area (Å²) in [5.41, 5.74) is 0. The first-order valence-electron chi connectivity index (χ1n) is 7.97. The second-order valence-electron chi connectivity index (χ2n) is 6.20. The van der Waals surface area contributed by atoms with Crippen LogP contribution in [0.15, 0.2) is 12.1 Å². The number of amides is 1. The molecule has 0 spiro atoms. The van der Waals surface area contributed by atoms with Gasteiger partial charge in [0.05, 0.1) is 17.6 Å². The fraction of sp³-hybridized carbons (Fsp3) is 0.688. The van der Waals surface area contributed by atoms with Gasteiger partial charge in [0.25, 0.3) is 0 Å². The predicted molar refractivity (Wildman–Crippen MR) is 89.6 cm³/mol. The van der Waals surface area contributed by atoms with Crippen LogP contribution in [0.4, 0.5) is 0 Å². The third kappa shape index (κ3) is 3.82. The van der Waals surface area contributed by atoms with Gasteiger partial charge in [0.15, 0.2) is 0 Å². The quantitative estimate of drug-likeness (QED) is 0.843. The summed E-state index contributed by atoms with van der Waals surface area (Å²) in [4.78, 5) is 18.2. The maximum atomic E-state index is 12.5. The number of halogens is 1. The van der Waals surface area contributed by atoms with Crippen LogP contribution >= 0.6 is 22.9 Å². The van der Waals surface area contributed by atoms with Gasteiger partial charge >= 0.3 is 0 Å². The normalized spacial score (nSPS) is 26.5. The number of carbonyl (C=O) groups excluding carboxylic acids is 1. The highest BCUT2D eigenvalue weighted by molar-refractivity contribution is 7.16. The summed E-state index contributed by atoms with van der Waals surface area (Å²) in [6.07, 6.45) is 1.38. The lowest BCUT2D eigenvalue weighted by Crippen LogP contribution is -2.47. The fourth-order valence-corrected chi connectivity index (χ4v) is 4.50. The molecule has 3 heterocycles. The maximum absolute atomic E-state index is 12.5. The van der Waals surface area contributed by atoms with Gasteiger partial charge in [-0.25, -0.2) is 0 Å². The van der Waals surface area contributed by atoms with Gasteiger partial charge in [0, 0.05) is 43.5 Å². The molecule has 0 bridgehead atoms. The number of carbonyl (C=O) groups is 1. The van der Waals surface area contributed by atoms with Gasteiger partial charge in [-0.05, 0) is 24.5 Å². The summed E-state index contributed by atoms with van der Waals surface area (Å²) >= 11 is 7.50. The Morgan fingerprint density at radius 2 is 2.14 bits per heavy atom. The molecule has 0 saturated carbocycles. The second kappa shape index (κ2) is 7.30. The van der Waals surface area contributed by atoms with Crippen molar-refractivity contribution in [1.82, 2.24) is 9.80 Å². The van der Waals surface area contributed by atoms with E-state index in [1.807, 2.05) is 17.0 Å². The van der Waals surface area contributed by atoms with Gasteiger partial charge in [-0.3, -0.25) is 9.69 Å². The van der Waals surface area contributed by atoms with Crippen LogP contribution in [0.5, 0.6) is 0 Å². The van der Waals surface area contributed by atoms with Crippen LogP contribution in [0.1, 0.15) is 18.2 Å². The van der Waals surface area contributed by atoms with E-state index in [0.717, 1.165) is 50.1 Å². The molecule has 1 aromatic rings. The third-order valence-corrected chi connectivity index (χ3v) is 5.95. The molecule has 6 heteroatoms. The van der Waals surface area contributed by atoms with E-state index < -0.39 is 0 Å². The average Bonchev–Trinajstić information content (AvgIpc) is 3.12. The van der Waals surface area contributed by atoms with E-state index in [-0.39, 0.29) is 5.91 Å². The van der Waals surface area contributed by atoms with E-state index >= 15 is 0 Å². The molecule has 0 N–H and O–H groups in total. The van der Waals surface area contributed by atoms with Crippen LogP contribution in [0.25, 0.3) is 0 Å². The zero-order chi connectivity index (χ0) is 15.5. The van der Waals surface area contributed by atoms with Crippen LogP contribution in [0.3, 0.4) is 0 Å². The van der Waals surface area contributed by atoms with Crippen molar-refractivity contribution in [3.8, 4) is 0 Å². The van der Waals surface area contributed by atoms with Crippen molar-refractivity contribution in [2.75, 3.05) is 39.4 Å². The molecule has 1 aromatic heterocycles. The third-order valence-electron chi connectivity index (χ3n) is 4.65. The minimum Gasteiger partial charge on any atom is -0.379 e. The van der Waals surface area contributed by atoms with Crippen molar-refractivity contribution in [1.29, 1.82) is 0 Å². The molecule has 1 amide bonds. The largest absolute Gasteiger partial charge is 0.379 e. The molecule has 22 heavy (non-hydrogen) atoms. The Bertz CT molecular complexity index is 516. The van der Waals surface area contributed by atoms with Crippen molar-refractivity contribution in [2.45, 2.75) is 25.8 Å². The molecule has 3 rings (SSSR count). The SMILES string of the molecule is C[C@H]1CN(C(=O)CCc2ccc(Cl)s2)C[C@H]1N1CCOCC1. The Morgan fingerprint density at radius 1 is 1.36 bits per heavy atom. The van der Waals surface area contributed by atoms with Gasteiger partial charge in [-0.15, -0.1) is 11.3 Å². The molecule has 2 saturated heterocycles. The van der Waals surface area contributed by atoms with Gasteiger partial charge in [0.2, 0.25) is 5.91 Å². The predicted octanol–water partition coefficient (Wildman–Crippen LogP) is 2.51. The molecular weight excluding hydrogens is 320 g/mol. The first-order chi connectivity index (χ1) is 10.6. The zero-order valence-electron chi connectivity index (χ0n) is 13.0. The number of aryl methyl sites for hydroxylation is 1. The number of morpholine rings is 1. The summed E-state index contributed by atoms with van der Waals surface area (Å²) in [5, 5.41) is 0. The average molecular weight is 343 g/mol. The maximum Gasteiger partial charge on any atom is 0.222 e. The Labute approximate surface area is 141 Å². The summed E-state index contributed by atoms with van der Waals surface area (Å²) in [5.74, 6) is 0.811. The first-order valence-corrected chi connectivity index (χ1v) is 9.16. The van der Waals surface area contributed by atoms with Crippen LogP contribution < -0.4 is 0 Å². The monoisotopic (exact) mass is 342 g/mol. The van der Waals surface area contributed by atoms with Crippen LogP contribution in [-0.4, -0.2) is 61.1 Å². The van der Waals surface area contributed by atoms with Crippen LogP contribution in [0.2, 0.25) is 4.34 Å². The van der Waals surface area contributed by atoms with Gasteiger partial charge in [0.1, 0.15) is 0 Å². The lowest BCUT2D eigenvalue weighted by molar-refractivity contribution is -0.130. The van der Waals surface area contributed by atoms with E-state index in [9.17, 15) is 4.79 Å². The van der Waals surface area contributed by atoms with Crippen LogP contribution in [0, 0.1) is 5.92 Å². The summed E-state index contributed by atoms with van der Waals surface area (Å²) < 4.78 is 6.22. The topological polar surface area (TPSA) is 32.8 Å². The first kappa shape index (κ1) is 16.2. The van der Waals surface area contributed by atoms with Crippen molar-refractivity contribution in [2.24, 2.45) is 5.92 Å². The number of thiophene rings is 1. The summed E-state index contributed by atoms with van der Waals surface area (Å²) in [6, 6.07) is 4.41. The van der Waals surface area contributed by atoms with Crippen LogP contribution in [-0.2, 0) is 16.0 Å². The molecule has 122 valence electrons. The fourth-order valence-electron chi connectivity index (χ4n) is 3.41. The van der Waals surface area contributed by atoms with Gasteiger partial charge in [-0.1, -0.05) is 18.5 Å². The van der Waals surface area contributed by atoms with E-state index in [0.29, 0.717) is 18.4 Å². The molecule has 2 fully saturated rings. The molecule has 0 aliphatic carbocycles. The van der Waals surface area contributed by atoms with Crippen molar-refractivity contribution in [3.63, 3.8) is 0 Å². The highest BCUT2D eigenvalue weighted by Crippen LogP contribution is 2.25. The Morgan fingerprint density at radius 3 is 2.82 bits per heavy atom. The molecule has 2 aliphatic rings. The zero-order valence-corrected chi connectivity index (χ0v) is 14.5. The van der Waals surface area contributed by atoms with E-state index in [1.165, 1.54) is 4.88 Å². The summed E-state index contributed by atoms with van der Waals surface area (Å²) in [6.45, 7) is 7.62. The number of likely N-dealkylation sites (tertiary alicyclic amines) is 1. The van der Waals surface area contributed by atoms with E-state index in [4.69, 9.17) is 16.3 Å². The molecular formula is C16H23ClN2O2S. The standard InChI is InChI=1S/C16H23ClN2O2S/c1-12-10-19(11-14(12)18-6-8-21-9-7-18)16(20)5-3-13-2-4-15(17)22-13/h2,4,12,14H,3,5-11H2,1H3/t12-,14+/m0/s1. The number of ether oxygens (including phenoxy) is 1. The molecule has 0 unspecified atom stereocenters. The highest BCUT2D eigenvalue weighted by atomic mass is 35.5. The highest BCUT2D eigenvalue weighted by Gasteiger charge is 2.36. The Kier molecular flexibility index (Phi) is 5.39. The molecule has 0 radical (unpaired) electrons. The molecule has 4 nitrogen and oxygen atoms in total. The number of hydrogen-bond acceptors (Lipinski definition) is 4. The Hall–Kier alpha value is -0.620. The minimum atomic E-state index is 0.270. The lowest BCUT2D eigenvalue weighted by Gasteiger charge is -2.34. The summed E-state index contributed by atoms with van der Waals surface area (Å²) in [7, 11) is 0. The number of nitrogens with zero attached hydrogens (tertiary/aromatic N) is 2. The second-order valence-corrected chi connectivity index (χ2v) is 8.00. The van der Waals surface area contributed by atoms with E-state index in [2.05, 4.69) is 11.8 Å². The number of hydrogen-bond donors (Lipinski definition) is 0. The Balaban J connectivity index is 1.51. The van der Waals surface area contributed by atoms with Crippen molar-refractivity contribution in [3.05, 3.63) is 21.3 Å². The van der Waals surface area contributed by atoms with Crippen molar-refractivity contribution < 1.29 is 9.53 Å². The van der Waals surface area contributed by atoms with E-state index in [1.54, 1.807) is 11.3 Å². The molecule has 2 atom stereocenters.